The van der Waals surface area contributed by atoms with Crippen LogP contribution in [0.4, 0.5) is 5.82 Å². The summed E-state index contributed by atoms with van der Waals surface area (Å²) in [7, 11) is 1.63. The smallest absolute Gasteiger partial charge is 0.218 e. The summed E-state index contributed by atoms with van der Waals surface area (Å²) in [6, 6.07) is 1.77. The fourth-order valence-electron chi connectivity index (χ4n) is 1.47. The van der Waals surface area contributed by atoms with Crippen LogP contribution in [-0.2, 0) is 4.74 Å². The number of anilines is 1. The Morgan fingerprint density at radius 1 is 1.44 bits per heavy atom. The maximum atomic E-state index is 8.96. The maximum absolute atomic E-state index is 8.96. The second kappa shape index (κ2) is 8.66. The lowest BCUT2D eigenvalue weighted by Gasteiger charge is -2.17. The highest BCUT2D eigenvalue weighted by atomic mass is 16.5. The molecule has 1 aromatic rings. The molecule has 102 valence electrons. The minimum atomic E-state index is 0.0222. The number of hydrogen-bond acceptors (Lipinski definition) is 6. The van der Waals surface area contributed by atoms with Gasteiger partial charge in [0.15, 0.2) is 0 Å². The van der Waals surface area contributed by atoms with Gasteiger partial charge in [0.25, 0.3) is 0 Å². The van der Waals surface area contributed by atoms with Crippen molar-refractivity contribution in [3.05, 3.63) is 12.4 Å². The number of aliphatic hydroxyl groups is 1. The van der Waals surface area contributed by atoms with Gasteiger partial charge in [0.1, 0.15) is 12.1 Å². The fraction of sp³-hybridized carbons (Fsp3) is 0.667. The Bertz CT molecular complexity index is 330. The second-order valence-electron chi connectivity index (χ2n) is 3.90. The molecule has 0 saturated heterocycles. The fourth-order valence-corrected chi connectivity index (χ4v) is 1.47. The molecule has 1 heterocycles. The van der Waals surface area contributed by atoms with Crippen molar-refractivity contribution >= 4 is 5.82 Å². The first-order valence-electron chi connectivity index (χ1n) is 6.11. The van der Waals surface area contributed by atoms with Crippen LogP contribution in [0.25, 0.3) is 0 Å². The first-order chi connectivity index (χ1) is 8.80. The van der Waals surface area contributed by atoms with E-state index in [9.17, 15) is 0 Å². The van der Waals surface area contributed by atoms with Crippen LogP contribution < -0.4 is 10.1 Å². The van der Waals surface area contributed by atoms with Crippen molar-refractivity contribution in [1.82, 2.24) is 9.97 Å². The first-order valence-corrected chi connectivity index (χ1v) is 6.11. The van der Waals surface area contributed by atoms with Gasteiger partial charge in [-0.3, -0.25) is 0 Å². The molecule has 0 radical (unpaired) electrons. The van der Waals surface area contributed by atoms with E-state index in [-0.39, 0.29) is 12.6 Å². The molecule has 1 aromatic heterocycles. The average molecular weight is 255 g/mol. The van der Waals surface area contributed by atoms with Crippen molar-refractivity contribution in [1.29, 1.82) is 0 Å². The number of hydrogen-bond donors (Lipinski definition) is 2. The summed E-state index contributed by atoms with van der Waals surface area (Å²) < 4.78 is 10.5. The Kier molecular flexibility index (Phi) is 7.05. The monoisotopic (exact) mass is 255 g/mol. The Balaban J connectivity index is 2.58. The summed E-state index contributed by atoms with van der Waals surface area (Å²) in [6.07, 6.45) is 2.99. The Morgan fingerprint density at radius 2 is 2.28 bits per heavy atom. The van der Waals surface area contributed by atoms with Crippen LogP contribution in [0.1, 0.15) is 19.8 Å². The normalized spacial score (nSPS) is 12.2. The summed E-state index contributed by atoms with van der Waals surface area (Å²) in [6.45, 7) is 3.28. The number of aromatic nitrogens is 2. The van der Waals surface area contributed by atoms with Gasteiger partial charge in [0.05, 0.1) is 19.3 Å². The van der Waals surface area contributed by atoms with Gasteiger partial charge in [-0.1, -0.05) is 6.92 Å². The lowest BCUT2D eigenvalue weighted by molar-refractivity contribution is 0.170. The molecule has 6 nitrogen and oxygen atoms in total. The molecule has 0 fully saturated rings. The lowest BCUT2D eigenvalue weighted by atomic mass is 10.2. The Hall–Kier alpha value is -1.40. The SMILES string of the molecule is CCCOc1cc(NC(CCO)COC)ncn1. The van der Waals surface area contributed by atoms with Crippen molar-refractivity contribution in [2.75, 3.05) is 32.2 Å². The van der Waals surface area contributed by atoms with Crippen LogP contribution in [0.3, 0.4) is 0 Å². The standard InChI is InChI=1S/C12H21N3O3/c1-3-6-18-12-7-11(13-9-14-12)15-10(4-5-16)8-17-2/h7,9-10,16H,3-6,8H2,1-2H3,(H,13,14,15). The van der Waals surface area contributed by atoms with Crippen LogP contribution in [0.2, 0.25) is 0 Å². The molecular weight excluding hydrogens is 234 g/mol. The van der Waals surface area contributed by atoms with Gasteiger partial charge in [-0.05, 0) is 12.8 Å². The number of methoxy groups -OCH3 is 1. The third-order valence-electron chi connectivity index (χ3n) is 2.29. The summed E-state index contributed by atoms with van der Waals surface area (Å²) in [5.74, 6) is 1.22. The Morgan fingerprint density at radius 3 is 2.94 bits per heavy atom. The summed E-state index contributed by atoms with van der Waals surface area (Å²) in [5.41, 5.74) is 0. The molecule has 2 N–H and O–H groups in total. The van der Waals surface area contributed by atoms with Gasteiger partial charge in [-0.15, -0.1) is 0 Å². The molecule has 1 atom stereocenters. The van der Waals surface area contributed by atoms with Gasteiger partial charge < -0.3 is 19.9 Å². The second-order valence-corrected chi connectivity index (χ2v) is 3.90. The summed E-state index contributed by atoms with van der Waals surface area (Å²) in [5, 5.41) is 12.1. The van der Waals surface area contributed by atoms with Gasteiger partial charge in [-0.2, -0.15) is 0 Å². The van der Waals surface area contributed by atoms with E-state index in [4.69, 9.17) is 14.6 Å². The molecule has 6 heteroatoms. The zero-order valence-corrected chi connectivity index (χ0v) is 10.9. The van der Waals surface area contributed by atoms with Crippen molar-refractivity contribution in [2.45, 2.75) is 25.8 Å². The number of nitrogens with zero attached hydrogens (tertiary/aromatic N) is 2. The van der Waals surface area contributed by atoms with Crippen LogP contribution >= 0.6 is 0 Å². The number of ether oxygens (including phenoxy) is 2. The van der Waals surface area contributed by atoms with Crippen molar-refractivity contribution in [3.63, 3.8) is 0 Å². The van der Waals surface area contributed by atoms with E-state index < -0.39 is 0 Å². The largest absolute Gasteiger partial charge is 0.478 e. The van der Waals surface area contributed by atoms with Gasteiger partial charge in [0.2, 0.25) is 5.88 Å². The molecule has 0 bridgehead atoms. The highest BCUT2D eigenvalue weighted by Gasteiger charge is 2.09. The van der Waals surface area contributed by atoms with E-state index in [0.717, 1.165) is 6.42 Å². The average Bonchev–Trinajstić information content (AvgIpc) is 2.37. The lowest BCUT2D eigenvalue weighted by Crippen LogP contribution is -2.26. The zero-order valence-electron chi connectivity index (χ0n) is 10.9. The van der Waals surface area contributed by atoms with Gasteiger partial charge in [0, 0.05) is 19.8 Å². The maximum Gasteiger partial charge on any atom is 0.218 e. The molecule has 0 aromatic carbocycles. The molecule has 0 amide bonds. The van der Waals surface area contributed by atoms with Crippen LogP contribution in [0.5, 0.6) is 5.88 Å². The van der Waals surface area contributed by atoms with E-state index >= 15 is 0 Å². The number of nitrogens with one attached hydrogen (secondary N) is 1. The minimum Gasteiger partial charge on any atom is -0.478 e. The molecule has 0 aliphatic heterocycles. The summed E-state index contributed by atoms with van der Waals surface area (Å²) in [4.78, 5) is 8.13. The molecule has 0 aliphatic rings. The highest BCUT2D eigenvalue weighted by molar-refractivity contribution is 5.38. The molecule has 18 heavy (non-hydrogen) atoms. The molecule has 0 spiro atoms. The van der Waals surface area contributed by atoms with Crippen LogP contribution in [0.15, 0.2) is 12.4 Å². The topological polar surface area (TPSA) is 76.5 Å². The first kappa shape index (κ1) is 14.7. The minimum absolute atomic E-state index is 0.0222. The van der Waals surface area contributed by atoms with E-state index in [0.29, 0.717) is 31.3 Å². The predicted octanol–water partition coefficient (Wildman–Crippen LogP) is 1.07. The molecular formula is C12H21N3O3. The highest BCUT2D eigenvalue weighted by Crippen LogP contribution is 2.13. The van der Waals surface area contributed by atoms with Gasteiger partial charge >= 0.3 is 0 Å². The number of rotatable bonds is 9. The van der Waals surface area contributed by atoms with E-state index in [1.165, 1.54) is 6.33 Å². The van der Waals surface area contributed by atoms with Crippen molar-refractivity contribution < 1.29 is 14.6 Å². The van der Waals surface area contributed by atoms with Crippen LogP contribution in [-0.4, -0.2) is 48.0 Å². The predicted molar refractivity (Wildman–Crippen MR) is 68.8 cm³/mol. The Labute approximate surface area is 107 Å². The van der Waals surface area contributed by atoms with Gasteiger partial charge in [-0.25, -0.2) is 9.97 Å². The quantitative estimate of drug-likeness (QED) is 0.687. The van der Waals surface area contributed by atoms with E-state index in [1.807, 2.05) is 6.92 Å². The third-order valence-corrected chi connectivity index (χ3v) is 2.29. The van der Waals surface area contributed by atoms with Crippen LogP contribution in [0, 0.1) is 0 Å². The molecule has 0 saturated carbocycles. The van der Waals surface area contributed by atoms with E-state index in [2.05, 4.69) is 15.3 Å². The third kappa shape index (κ3) is 5.29. The zero-order chi connectivity index (χ0) is 13.2. The summed E-state index contributed by atoms with van der Waals surface area (Å²) >= 11 is 0. The van der Waals surface area contributed by atoms with Crippen molar-refractivity contribution in [3.8, 4) is 5.88 Å². The number of aliphatic hydroxyl groups excluding tert-OH is 1. The molecule has 0 aliphatic carbocycles. The molecule has 1 rings (SSSR count). The molecule has 1 unspecified atom stereocenters. The van der Waals surface area contributed by atoms with Crippen molar-refractivity contribution in [2.24, 2.45) is 0 Å². The van der Waals surface area contributed by atoms with E-state index in [1.54, 1.807) is 13.2 Å².